The normalized spacial score (nSPS) is 10.2. The van der Waals surface area contributed by atoms with E-state index in [1.165, 1.54) is 11.8 Å². The molecule has 19 heavy (non-hydrogen) atoms. The zero-order valence-corrected chi connectivity index (χ0v) is 12.0. The van der Waals surface area contributed by atoms with Gasteiger partial charge in [-0.15, -0.1) is 11.8 Å². The maximum Gasteiger partial charge on any atom is 0.303 e. The number of carboxylic acids is 1. The van der Waals surface area contributed by atoms with E-state index >= 15 is 0 Å². The summed E-state index contributed by atoms with van der Waals surface area (Å²) < 4.78 is 0. The van der Waals surface area contributed by atoms with E-state index in [0.717, 1.165) is 11.3 Å². The molecule has 0 spiro atoms. The van der Waals surface area contributed by atoms with E-state index in [-0.39, 0.29) is 12.3 Å². The molecule has 0 aliphatic carbocycles. The Labute approximate surface area is 121 Å². The number of benzene rings is 1. The minimum atomic E-state index is -0.841. The van der Waals surface area contributed by atoms with Gasteiger partial charge in [-0.1, -0.05) is 23.7 Å². The van der Waals surface area contributed by atoms with Crippen molar-refractivity contribution in [2.24, 2.45) is 0 Å². The van der Waals surface area contributed by atoms with Crippen molar-refractivity contribution in [2.75, 3.05) is 12.3 Å². The molecule has 2 N–H and O–H groups in total. The largest absolute Gasteiger partial charge is 0.481 e. The molecule has 104 valence electrons. The van der Waals surface area contributed by atoms with E-state index in [4.69, 9.17) is 16.7 Å². The lowest BCUT2D eigenvalue weighted by atomic mass is 10.2. The molecule has 0 aromatic heterocycles. The molecule has 1 aromatic rings. The number of carbonyl (C=O) groups excluding carboxylic acids is 1. The summed E-state index contributed by atoms with van der Waals surface area (Å²) in [5.41, 5.74) is 1.12. The number of halogens is 1. The summed E-state index contributed by atoms with van der Waals surface area (Å²) in [5, 5.41) is 11.8. The van der Waals surface area contributed by atoms with Gasteiger partial charge in [-0.3, -0.25) is 9.59 Å². The number of hydrogen-bond acceptors (Lipinski definition) is 3. The monoisotopic (exact) mass is 301 g/mol. The van der Waals surface area contributed by atoms with Crippen LogP contribution in [-0.2, 0) is 15.3 Å². The number of thioether (sulfide) groups is 1. The topological polar surface area (TPSA) is 66.4 Å². The third-order valence-electron chi connectivity index (χ3n) is 2.30. The SMILES string of the molecule is O=C(O)CCCNC(=O)CSCc1ccc(Cl)cc1. The summed E-state index contributed by atoms with van der Waals surface area (Å²) in [7, 11) is 0. The molecule has 1 rings (SSSR count). The Morgan fingerprint density at radius 3 is 2.58 bits per heavy atom. The molecule has 0 fully saturated rings. The first kappa shape index (κ1) is 15.9. The molecule has 1 amide bonds. The van der Waals surface area contributed by atoms with Gasteiger partial charge in [0.2, 0.25) is 5.91 Å². The first-order valence-electron chi connectivity index (χ1n) is 5.88. The number of carbonyl (C=O) groups is 2. The van der Waals surface area contributed by atoms with Crippen LogP contribution in [0.25, 0.3) is 0 Å². The zero-order chi connectivity index (χ0) is 14.1. The first-order chi connectivity index (χ1) is 9.08. The van der Waals surface area contributed by atoms with Gasteiger partial charge < -0.3 is 10.4 Å². The van der Waals surface area contributed by atoms with Gasteiger partial charge in [0.25, 0.3) is 0 Å². The van der Waals surface area contributed by atoms with Crippen LogP contribution in [0.2, 0.25) is 5.02 Å². The van der Waals surface area contributed by atoms with Crippen LogP contribution in [0.5, 0.6) is 0 Å². The van der Waals surface area contributed by atoms with Gasteiger partial charge >= 0.3 is 5.97 Å². The second-order valence-electron chi connectivity index (χ2n) is 3.97. The Balaban J connectivity index is 2.10. The minimum absolute atomic E-state index is 0.0654. The van der Waals surface area contributed by atoms with E-state index in [9.17, 15) is 9.59 Å². The van der Waals surface area contributed by atoms with E-state index in [0.29, 0.717) is 23.7 Å². The van der Waals surface area contributed by atoms with E-state index in [1.807, 2.05) is 24.3 Å². The van der Waals surface area contributed by atoms with Crippen LogP contribution >= 0.6 is 23.4 Å². The maximum atomic E-state index is 11.4. The lowest BCUT2D eigenvalue weighted by Gasteiger charge is -2.04. The fourth-order valence-electron chi connectivity index (χ4n) is 1.36. The third kappa shape index (κ3) is 7.74. The summed E-state index contributed by atoms with van der Waals surface area (Å²) >= 11 is 7.29. The summed E-state index contributed by atoms with van der Waals surface area (Å²) in [6.45, 7) is 0.409. The molecule has 0 heterocycles. The Morgan fingerprint density at radius 1 is 1.26 bits per heavy atom. The molecule has 0 aliphatic heterocycles. The molecule has 1 aromatic carbocycles. The third-order valence-corrected chi connectivity index (χ3v) is 3.56. The molecule has 0 bridgehead atoms. The Morgan fingerprint density at radius 2 is 1.95 bits per heavy atom. The molecule has 0 saturated heterocycles. The lowest BCUT2D eigenvalue weighted by molar-refractivity contribution is -0.137. The summed E-state index contributed by atoms with van der Waals surface area (Å²) in [4.78, 5) is 21.7. The average Bonchev–Trinajstić information content (AvgIpc) is 2.37. The molecule has 0 radical (unpaired) electrons. The molecule has 0 unspecified atom stereocenters. The lowest BCUT2D eigenvalue weighted by Crippen LogP contribution is -2.26. The quantitative estimate of drug-likeness (QED) is 0.724. The Kier molecular flexibility index (Phi) is 7.36. The predicted octanol–water partition coefficient (Wildman–Crippen LogP) is 2.55. The highest BCUT2D eigenvalue weighted by molar-refractivity contribution is 7.99. The second-order valence-corrected chi connectivity index (χ2v) is 5.39. The number of amides is 1. The van der Waals surface area contributed by atoms with Gasteiger partial charge in [-0.25, -0.2) is 0 Å². The van der Waals surface area contributed by atoms with Crippen molar-refractivity contribution >= 4 is 35.2 Å². The maximum absolute atomic E-state index is 11.4. The summed E-state index contributed by atoms with van der Waals surface area (Å²) in [6, 6.07) is 7.51. The average molecular weight is 302 g/mol. The first-order valence-corrected chi connectivity index (χ1v) is 7.42. The van der Waals surface area contributed by atoms with Crippen LogP contribution in [-0.4, -0.2) is 29.3 Å². The van der Waals surface area contributed by atoms with Crippen molar-refractivity contribution in [1.82, 2.24) is 5.32 Å². The van der Waals surface area contributed by atoms with Gasteiger partial charge in [0.05, 0.1) is 5.75 Å². The summed E-state index contributed by atoms with van der Waals surface area (Å²) in [5.74, 6) is 0.214. The molecule has 0 saturated carbocycles. The predicted molar refractivity (Wildman–Crippen MR) is 77.5 cm³/mol. The van der Waals surface area contributed by atoms with Gasteiger partial charge in [0, 0.05) is 23.7 Å². The smallest absolute Gasteiger partial charge is 0.303 e. The van der Waals surface area contributed by atoms with Crippen LogP contribution in [0.15, 0.2) is 24.3 Å². The van der Waals surface area contributed by atoms with E-state index in [1.54, 1.807) is 0 Å². The fourth-order valence-corrected chi connectivity index (χ4v) is 2.30. The number of rotatable bonds is 8. The summed E-state index contributed by atoms with van der Waals surface area (Å²) in [6.07, 6.45) is 0.543. The fraction of sp³-hybridized carbons (Fsp3) is 0.385. The van der Waals surface area contributed by atoms with Crippen LogP contribution in [0.3, 0.4) is 0 Å². The van der Waals surface area contributed by atoms with Crippen LogP contribution in [0.1, 0.15) is 18.4 Å². The molecule has 4 nitrogen and oxygen atoms in total. The van der Waals surface area contributed by atoms with E-state index < -0.39 is 5.97 Å². The van der Waals surface area contributed by atoms with Crippen molar-refractivity contribution in [1.29, 1.82) is 0 Å². The van der Waals surface area contributed by atoms with Gasteiger partial charge in [0.15, 0.2) is 0 Å². The van der Waals surface area contributed by atoms with Gasteiger partial charge in [-0.2, -0.15) is 0 Å². The number of hydrogen-bond donors (Lipinski definition) is 2. The van der Waals surface area contributed by atoms with Crippen molar-refractivity contribution in [3.8, 4) is 0 Å². The van der Waals surface area contributed by atoms with Crippen molar-refractivity contribution < 1.29 is 14.7 Å². The van der Waals surface area contributed by atoms with Crippen LogP contribution in [0, 0.1) is 0 Å². The molecule has 6 heteroatoms. The molecular formula is C13H16ClNO3S. The highest BCUT2D eigenvalue weighted by Gasteiger charge is 2.02. The standard InChI is InChI=1S/C13H16ClNO3S/c14-11-5-3-10(4-6-11)8-19-9-12(16)15-7-1-2-13(17)18/h3-6H,1-2,7-9H2,(H,15,16)(H,17,18). The molecule has 0 atom stereocenters. The number of carboxylic acid groups (broad SMARTS) is 1. The second kappa shape index (κ2) is 8.82. The van der Waals surface area contributed by atoms with Crippen LogP contribution in [0.4, 0.5) is 0 Å². The number of aliphatic carboxylic acids is 1. The highest BCUT2D eigenvalue weighted by atomic mass is 35.5. The van der Waals surface area contributed by atoms with Crippen LogP contribution < -0.4 is 5.32 Å². The minimum Gasteiger partial charge on any atom is -0.481 e. The van der Waals surface area contributed by atoms with Crippen molar-refractivity contribution in [3.63, 3.8) is 0 Å². The Hall–Kier alpha value is -1.20. The Bertz CT molecular complexity index is 422. The van der Waals surface area contributed by atoms with E-state index in [2.05, 4.69) is 5.32 Å². The van der Waals surface area contributed by atoms with Gasteiger partial charge in [0.1, 0.15) is 0 Å². The molecule has 0 aliphatic rings. The van der Waals surface area contributed by atoms with Crippen molar-refractivity contribution in [3.05, 3.63) is 34.9 Å². The number of nitrogens with one attached hydrogen (secondary N) is 1. The highest BCUT2D eigenvalue weighted by Crippen LogP contribution is 2.15. The molecular weight excluding hydrogens is 286 g/mol. The van der Waals surface area contributed by atoms with Crippen molar-refractivity contribution in [2.45, 2.75) is 18.6 Å². The zero-order valence-electron chi connectivity index (χ0n) is 10.4. The van der Waals surface area contributed by atoms with Gasteiger partial charge in [-0.05, 0) is 24.1 Å².